The molecule has 0 unspecified atom stereocenters. The van der Waals surface area contributed by atoms with Crippen LogP contribution in [-0.4, -0.2) is 42.6 Å². The molecule has 1 aliphatic heterocycles. The summed E-state index contributed by atoms with van der Waals surface area (Å²) < 4.78 is 25.9. The van der Waals surface area contributed by atoms with Crippen molar-refractivity contribution >= 4 is 155 Å². The smallest absolute Gasteiger partial charge is 0.338 e. The topological polar surface area (TPSA) is 60.4 Å². The quantitative estimate of drug-likeness (QED) is 0.196. The number of allylic oxidation sites excluding steroid dienone is 4. The largest absolute Gasteiger partial charge is 0.355 e. The van der Waals surface area contributed by atoms with Crippen LogP contribution < -0.4 is 0 Å². The molecule has 0 aromatic heterocycles. The van der Waals surface area contributed by atoms with E-state index in [1.165, 1.54) is 12.1 Å². The average Bonchev–Trinajstić information content (AvgIpc) is 3.28. The van der Waals surface area contributed by atoms with Crippen LogP contribution in [0.5, 0.6) is 0 Å². The predicted molar refractivity (Wildman–Crippen MR) is 152 cm³/mol. The van der Waals surface area contributed by atoms with Gasteiger partial charge in [0.05, 0.1) is 25.7 Å². The van der Waals surface area contributed by atoms with E-state index in [1.807, 2.05) is 0 Å². The van der Waals surface area contributed by atoms with Crippen molar-refractivity contribution in [2.45, 2.75) is 44.9 Å². The van der Waals surface area contributed by atoms with Gasteiger partial charge in [-0.2, -0.15) is 8.42 Å². The first kappa shape index (κ1) is 28.4. The number of carbonyl (C=O) groups excluding carboxylic acids is 1. The van der Waals surface area contributed by atoms with Crippen molar-refractivity contribution in [3.8, 4) is 0 Å². The highest BCUT2D eigenvalue weighted by atomic mass is 35.5. The highest BCUT2D eigenvalue weighted by molar-refractivity contribution is 7.87. The molecule has 2 fully saturated rings. The molecule has 17 heteroatoms. The third-order valence-electron chi connectivity index (χ3n) is 8.90. The van der Waals surface area contributed by atoms with E-state index in [-0.39, 0.29) is 31.3 Å². The van der Waals surface area contributed by atoms with Crippen molar-refractivity contribution in [1.29, 1.82) is 0 Å². The number of hydrogen-bond acceptors (Lipinski definition) is 4. The molecule has 1 aromatic rings. The van der Waals surface area contributed by atoms with Crippen LogP contribution >= 0.6 is 139 Å². The zero-order valence-electron chi connectivity index (χ0n) is 17.5. The molecule has 1 heterocycles. The Balaban J connectivity index is 1.67. The van der Waals surface area contributed by atoms with Crippen LogP contribution in [-0.2, 0) is 14.3 Å². The molecular formula is C21H6Cl12O4S. The van der Waals surface area contributed by atoms with Crippen molar-refractivity contribution in [1.82, 2.24) is 0 Å². The molecular weight excluding hydrogens is 774 g/mol. The van der Waals surface area contributed by atoms with Crippen LogP contribution in [0.2, 0.25) is 0 Å². The molecule has 204 valence electrons. The van der Waals surface area contributed by atoms with Gasteiger partial charge in [-0.3, -0.25) is 0 Å². The second-order valence-electron chi connectivity index (χ2n) is 10.1. The molecule has 2 saturated carbocycles. The molecule has 0 spiro atoms. The van der Waals surface area contributed by atoms with Crippen LogP contribution in [0, 0.1) is 11.8 Å². The maximum absolute atomic E-state index is 12.7. The summed E-state index contributed by atoms with van der Waals surface area (Å²) >= 11 is 83.3. The maximum atomic E-state index is 12.7. The molecule has 4 nitrogen and oxygen atoms in total. The van der Waals surface area contributed by atoms with Crippen LogP contribution in [0.3, 0.4) is 0 Å². The van der Waals surface area contributed by atoms with E-state index in [4.69, 9.17) is 139 Å². The van der Waals surface area contributed by atoms with Gasteiger partial charge in [0.2, 0.25) is 0 Å². The van der Waals surface area contributed by atoms with Crippen LogP contribution in [0.1, 0.15) is 33.3 Å². The summed E-state index contributed by atoms with van der Waals surface area (Å²) in [5.41, 5.74) is 0.302. The fourth-order valence-corrected chi connectivity index (χ4v) is 14.6. The molecule has 5 aliphatic carbocycles. The van der Waals surface area contributed by atoms with Crippen molar-refractivity contribution in [2.24, 2.45) is 11.8 Å². The SMILES string of the molecule is O=C1OS(=O)(=O)c2cc3c(cc21)[C@@H]1[C@@H]([C@@H]2[C@@H]3[C@]3(Cl)C(Cl)=C(Cl)[C@]2(Cl)C3(Cl)Cl)[C@]2(Cl)C(Cl)=C(Cl)[C@]1(Cl)C2(Cl)Cl. The summed E-state index contributed by atoms with van der Waals surface area (Å²) in [6.45, 7) is 0. The zero-order valence-corrected chi connectivity index (χ0v) is 27.4. The summed E-state index contributed by atoms with van der Waals surface area (Å²) in [6.07, 6.45) is 0. The Bertz CT molecular complexity index is 1640. The van der Waals surface area contributed by atoms with Gasteiger partial charge in [0.1, 0.15) is 24.4 Å². The zero-order chi connectivity index (χ0) is 28.1. The Hall–Kier alpha value is 1.60. The van der Waals surface area contributed by atoms with E-state index in [9.17, 15) is 13.2 Å². The van der Waals surface area contributed by atoms with E-state index >= 15 is 0 Å². The minimum Gasteiger partial charge on any atom is -0.338 e. The Morgan fingerprint density at radius 2 is 1.00 bits per heavy atom. The summed E-state index contributed by atoms with van der Waals surface area (Å²) in [5.74, 6) is -5.15. The van der Waals surface area contributed by atoms with Crippen molar-refractivity contribution < 1.29 is 17.4 Å². The van der Waals surface area contributed by atoms with E-state index < -0.39 is 72.8 Å². The van der Waals surface area contributed by atoms with Gasteiger partial charge in [-0.1, -0.05) is 92.8 Å². The van der Waals surface area contributed by atoms with E-state index in [1.54, 1.807) is 0 Å². The Morgan fingerprint density at radius 3 is 1.42 bits per heavy atom. The summed E-state index contributed by atoms with van der Waals surface area (Å²) in [4.78, 5) is 4.64. The average molecular weight is 780 g/mol. The summed E-state index contributed by atoms with van der Waals surface area (Å²) in [6, 6.07) is 2.55. The Labute approximate surface area is 275 Å². The molecule has 8 atom stereocenters. The Kier molecular flexibility index (Phi) is 5.56. The van der Waals surface area contributed by atoms with E-state index in [0.717, 1.165) is 0 Å². The van der Waals surface area contributed by atoms with Gasteiger partial charge in [-0.25, -0.2) is 4.79 Å². The van der Waals surface area contributed by atoms with Gasteiger partial charge < -0.3 is 4.18 Å². The number of rotatable bonds is 0. The summed E-state index contributed by atoms with van der Waals surface area (Å²) in [7, 11) is -4.45. The first-order valence-electron chi connectivity index (χ1n) is 10.5. The predicted octanol–water partition coefficient (Wildman–Crippen LogP) is 8.65. The molecule has 38 heavy (non-hydrogen) atoms. The van der Waals surface area contributed by atoms with Crippen molar-refractivity contribution in [3.05, 3.63) is 49.0 Å². The van der Waals surface area contributed by atoms with Gasteiger partial charge in [-0.05, 0) is 23.3 Å². The van der Waals surface area contributed by atoms with E-state index in [0.29, 0.717) is 5.56 Å². The fourth-order valence-electron chi connectivity index (χ4n) is 7.48. The molecule has 0 radical (unpaired) electrons. The number of fused-ring (bicyclic) bond motifs is 15. The highest BCUT2D eigenvalue weighted by Crippen LogP contribution is 2.88. The number of hydrogen-bond donors (Lipinski definition) is 0. The molecule has 0 amide bonds. The maximum Gasteiger partial charge on any atom is 0.355 e. The van der Waals surface area contributed by atoms with Gasteiger partial charge in [0, 0.05) is 23.7 Å². The lowest BCUT2D eigenvalue weighted by molar-refractivity contribution is 0.0762. The lowest BCUT2D eigenvalue weighted by atomic mass is 9.57. The molecule has 1 aromatic carbocycles. The minimum absolute atomic E-state index is 0.125. The third-order valence-corrected chi connectivity index (χ3v) is 18.7. The van der Waals surface area contributed by atoms with Gasteiger partial charge in [0.25, 0.3) is 0 Å². The molecule has 0 saturated heterocycles. The second kappa shape index (κ2) is 7.45. The number of benzene rings is 1. The van der Waals surface area contributed by atoms with Crippen LogP contribution in [0.25, 0.3) is 0 Å². The van der Waals surface area contributed by atoms with Crippen LogP contribution in [0.15, 0.2) is 37.2 Å². The standard InChI is InChI=1S/C21H6Cl12O4S/c22-11-13(24)18(28)9-7(16(11,26)20(18,30)31)3-1-5-6(38(35,36)37-15(5)34)2-4(3)8-10(9)19(29)14(25)12(23)17(8,27)21(19,32)33/h1-2,7-10H/t7-,8-,9+,10+,16+,17+,18+,19+/m1/s1. The fraction of sp³-hybridized carbons (Fsp3) is 0.476. The second-order valence-corrected chi connectivity index (χ2v) is 18.1. The Morgan fingerprint density at radius 1 is 0.632 bits per heavy atom. The number of halogens is 12. The lowest BCUT2D eigenvalue weighted by Crippen LogP contribution is -2.53. The summed E-state index contributed by atoms with van der Waals surface area (Å²) in [5, 5.41) is -0.529. The molecule has 6 aliphatic rings. The van der Waals surface area contributed by atoms with Crippen molar-refractivity contribution in [3.63, 3.8) is 0 Å². The van der Waals surface area contributed by atoms with Crippen LogP contribution in [0.4, 0.5) is 0 Å². The lowest BCUT2D eigenvalue weighted by Gasteiger charge is -2.52. The number of carbonyl (C=O) groups is 1. The first-order valence-corrected chi connectivity index (χ1v) is 16.5. The molecule has 7 rings (SSSR count). The number of alkyl halides is 8. The third kappa shape index (κ3) is 2.41. The minimum atomic E-state index is -4.45. The van der Waals surface area contributed by atoms with Crippen molar-refractivity contribution in [2.75, 3.05) is 0 Å². The normalized spacial score (nSPS) is 47.7. The highest BCUT2D eigenvalue weighted by Gasteiger charge is 2.91. The monoisotopic (exact) mass is 774 g/mol. The van der Waals surface area contributed by atoms with E-state index in [2.05, 4.69) is 4.18 Å². The molecule has 4 bridgehead atoms. The van der Waals surface area contributed by atoms with Gasteiger partial charge in [0.15, 0.2) is 8.67 Å². The van der Waals surface area contributed by atoms with Gasteiger partial charge in [-0.15, -0.1) is 46.4 Å². The first-order chi connectivity index (χ1) is 17.2. The molecule has 0 N–H and O–H groups in total. The van der Waals surface area contributed by atoms with Gasteiger partial charge >= 0.3 is 16.1 Å².